The third-order valence-electron chi connectivity index (χ3n) is 3.47. The van der Waals surface area contributed by atoms with Crippen LogP contribution in [-0.4, -0.2) is 28.0 Å². The lowest BCUT2D eigenvalue weighted by Crippen LogP contribution is -2.30. The van der Waals surface area contributed by atoms with Gasteiger partial charge in [0, 0.05) is 13.1 Å². The molecule has 0 fully saturated rings. The summed E-state index contributed by atoms with van der Waals surface area (Å²) in [5, 5.41) is 0. The zero-order chi connectivity index (χ0) is 16.4. The lowest BCUT2D eigenvalue weighted by molar-refractivity contribution is 0.423. The zero-order valence-electron chi connectivity index (χ0n) is 12.3. The monoisotopic (exact) mass is 351 g/mol. The van der Waals surface area contributed by atoms with Crippen LogP contribution in [0, 0.1) is 5.82 Å². The van der Waals surface area contributed by atoms with E-state index >= 15 is 0 Å². The van der Waals surface area contributed by atoms with Gasteiger partial charge in [-0.3, -0.25) is 0 Å². The van der Waals surface area contributed by atoms with Crippen molar-refractivity contribution < 1.29 is 12.8 Å². The molecule has 1 heterocycles. The molecule has 1 aromatic heterocycles. The quantitative estimate of drug-likeness (QED) is 0.709. The molecule has 0 unspecified atom stereocenters. The van der Waals surface area contributed by atoms with E-state index in [9.17, 15) is 12.8 Å². The number of fused-ring (bicyclic) bond motifs is 1. The number of hydrogen-bond donors (Lipinski definition) is 0. The molecule has 0 radical (unpaired) electrons. The Bertz CT molecular complexity index is 941. The molecule has 0 saturated heterocycles. The molecular weight excluding hydrogens is 337 g/mol. The fraction of sp³-hybridized carbons (Fsp3) is 0.200. The van der Waals surface area contributed by atoms with Crippen LogP contribution >= 0.6 is 11.7 Å². The van der Waals surface area contributed by atoms with E-state index in [4.69, 9.17) is 0 Å². The van der Waals surface area contributed by atoms with Gasteiger partial charge >= 0.3 is 0 Å². The number of nitrogens with zero attached hydrogens (tertiary/aromatic N) is 3. The zero-order valence-corrected chi connectivity index (χ0v) is 13.9. The van der Waals surface area contributed by atoms with Crippen molar-refractivity contribution in [1.82, 2.24) is 13.1 Å². The topological polar surface area (TPSA) is 63.2 Å². The SMILES string of the molecule is CCN(Cc1cccc(F)c1)S(=O)(=O)c1cccc2nsnc12. The van der Waals surface area contributed by atoms with Crippen molar-refractivity contribution in [3.05, 3.63) is 53.8 Å². The third-order valence-corrected chi connectivity index (χ3v) is 5.96. The summed E-state index contributed by atoms with van der Waals surface area (Å²) in [6.45, 7) is 2.12. The maximum Gasteiger partial charge on any atom is 0.245 e. The molecule has 0 aliphatic rings. The minimum atomic E-state index is -3.74. The molecule has 5 nitrogen and oxygen atoms in total. The van der Waals surface area contributed by atoms with Crippen molar-refractivity contribution in [2.24, 2.45) is 0 Å². The lowest BCUT2D eigenvalue weighted by Gasteiger charge is -2.20. The summed E-state index contributed by atoms with van der Waals surface area (Å²) in [5.74, 6) is -0.387. The third kappa shape index (κ3) is 3.10. The first-order valence-corrected chi connectivity index (χ1v) is 9.15. The predicted octanol–water partition coefficient (Wildman–Crippen LogP) is 3.04. The van der Waals surface area contributed by atoms with Crippen LogP contribution in [0.4, 0.5) is 4.39 Å². The summed E-state index contributed by atoms with van der Waals surface area (Å²) in [6, 6.07) is 10.8. The summed E-state index contributed by atoms with van der Waals surface area (Å²) in [6.07, 6.45) is 0. The molecule has 0 saturated carbocycles. The van der Waals surface area contributed by atoms with Gasteiger partial charge in [-0.1, -0.05) is 25.1 Å². The normalized spacial score (nSPS) is 12.1. The Balaban J connectivity index is 2.01. The van der Waals surface area contributed by atoms with Crippen LogP contribution in [0.5, 0.6) is 0 Å². The Kier molecular flexibility index (Phi) is 4.38. The van der Waals surface area contributed by atoms with Crippen LogP contribution in [-0.2, 0) is 16.6 Å². The summed E-state index contributed by atoms with van der Waals surface area (Å²) in [4.78, 5) is 0.127. The highest BCUT2D eigenvalue weighted by Gasteiger charge is 2.26. The molecule has 0 spiro atoms. The van der Waals surface area contributed by atoms with E-state index in [2.05, 4.69) is 8.75 Å². The fourth-order valence-corrected chi connectivity index (χ4v) is 4.52. The number of hydrogen-bond acceptors (Lipinski definition) is 5. The van der Waals surface area contributed by atoms with E-state index in [1.165, 1.54) is 22.5 Å². The van der Waals surface area contributed by atoms with Gasteiger partial charge < -0.3 is 0 Å². The Labute approximate surface area is 137 Å². The second kappa shape index (κ2) is 6.31. The fourth-order valence-electron chi connectivity index (χ4n) is 2.33. The number of halogens is 1. The van der Waals surface area contributed by atoms with Crippen LogP contribution in [0.1, 0.15) is 12.5 Å². The van der Waals surface area contributed by atoms with Gasteiger partial charge in [-0.2, -0.15) is 13.1 Å². The van der Waals surface area contributed by atoms with Crippen molar-refractivity contribution in [3.8, 4) is 0 Å². The van der Waals surface area contributed by atoms with Crippen LogP contribution in [0.2, 0.25) is 0 Å². The Morgan fingerprint density at radius 1 is 1.17 bits per heavy atom. The highest BCUT2D eigenvalue weighted by Crippen LogP contribution is 2.25. The minimum Gasteiger partial charge on any atom is -0.207 e. The Morgan fingerprint density at radius 2 is 1.96 bits per heavy atom. The summed E-state index contributed by atoms with van der Waals surface area (Å²) >= 11 is 0.976. The number of benzene rings is 2. The summed E-state index contributed by atoms with van der Waals surface area (Å²) in [5.41, 5.74) is 1.52. The highest BCUT2D eigenvalue weighted by molar-refractivity contribution is 7.89. The molecular formula is C15H14FN3O2S2. The van der Waals surface area contributed by atoms with Crippen molar-refractivity contribution in [2.75, 3.05) is 6.54 Å². The summed E-state index contributed by atoms with van der Waals surface area (Å²) < 4.78 is 48.7. The molecule has 0 N–H and O–H groups in total. The highest BCUT2D eigenvalue weighted by atomic mass is 32.2. The van der Waals surface area contributed by atoms with E-state index in [1.54, 1.807) is 31.2 Å². The van der Waals surface area contributed by atoms with Gasteiger partial charge in [0.1, 0.15) is 21.7 Å². The number of aromatic nitrogens is 2. The molecule has 8 heteroatoms. The molecule has 120 valence electrons. The van der Waals surface area contributed by atoms with Crippen molar-refractivity contribution >= 4 is 32.8 Å². The van der Waals surface area contributed by atoms with Gasteiger partial charge in [-0.05, 0) is 29.8 Å². The smallest absolute Gasteiger partial charge is 0.207 e. The standard InChI is InChI=1S/C15H14FN3O2S2/c1-2-19(10-11-5-3-6-12(16)9-11)23(20,21)14-8-4-7-13-15(14)18-22-17-13/h3-9H,2,10H2,1H3. The molecule has 23 heavy (non-hydrogen) atoms. The summed E-state index contributed by atoms with van der Waals surface area (Å²) in [7, 11) is -3.74. The molecule has 0 amide bonds. The maximum atomic E-state index is 13.3. The van der Waals surface area contributed by atoms with Gasteiger partial charge in [-0.25, -0.2) is 12.8 Å². The molecule has 3 rings (SSSR count). The molecule has 0 aliphatic heterocycles. The Hall–Kier alpha value is -1.90. The molecule has 0 bridgehead atoms. The minimum absolute atomic E-state index is 0.102. The molecule has 2 aromatic carbocycles. The first kappa shape index (κ1) is 16.0. The first-order chi connectivity index (χ1) is 11.0. The van der Waals surface area contributed by atoms with E-state index in [-0.39, 0.29) is 23.8 Å². The number of rotatable bonds is 5. The maximum absolute atomic E-state index is 13.3. The second-order valence-corrected chi connectivity index (χ2v) is 7.38. The van der Waals surface area contributed by atoms with E-state index in [0.29, 0.717) is 16.6 Å². The van der Waals surface area contributed by atoms with Crippen molar-refractivity contribution in [2.45, 2.75) is 18.4 Å². The first-order valence-electron chi connectivity index (χ1n) is 6.98. The molecule has 3 aromatic rings. The van der Waals surface area contributed by atoms with Gasteiger partial charge in [-0.15, -0.1) is 0 Å². The second-order valence-electron chi connectivity index (χ2n) is 4.95. The van der Waals surface area contributed by atoms with Crippen molar-refractivity contribution in [1.29, 1.82) is 0 Å². The van der Waals surface area contributed by atoms with E-state index in [0.717, 1.165) is 11.7 Å². The van der Waals surface area contributed by atoms with E-state index < -0.39 is 10.0 Å². The predicted molar refractivity (Wildman–Crippen MR) is 87.1 cm³/mol. The van der Waals surface area contributed by atoms with Crippen LogP contribution in [0.15, 0.2) is 47.4 Å². The van der Waals surface area contributed by atoms with Gasteiger partial charge in [0.25, 0.3) is 0 Å². The average molecular weight is 351 g/mol. The Morgan fingerprint density at radius 3 is 2.70 bits per heavy atom. The molecule has 0 aliphatic carbocycles. The van der Waals surface area contributed by atoms with Crippen LogP contribution in [0.3, 0.4) is 0 Å². The largest absolute Gasteiger partial charge is 0.245 e. The van der Waals surface area contributed by atoms with Gasteiger partial charge in [0.05, 0.1) is 11.7 Å². The molecule has 0 atom stereocenters. The van der Waals surface area contributed by atoms with Crippen LogP contribution in [0.25, 0.3) is 11.0 Å². The number of sulfonamides is 1. The van der Waals surface area contributed by atoms with E-state index in [1.807, 2.05) is 0 Å². The average Bonchev–Trinajstić information content (AvgIpc) is 3.00. The lowest BCUT2D eigenvalue weighted by atomic mass is 10.2. The van der Waals surface area contributed by atoms with Crippen LogP contribution < -0.4 is 0 Å². The van der Waals surface area contributed by atoms with Gasteiger partial charge in [0.15, 0.2) is 0 Å². The van der Waals surface area contributed by atoms with Gasteiger partial charge in [0.2, 0.25) is 10.0 Å². The van der Waals surface area contributed by atoms with Crippen molar-refractivity contribution in [3.63, 3.8) is 0 Å².